The lowest BCUT2D eigenvalue weighted by atomic mass is 10.0. The van der Waals surface area contributed by atoms with Crippen LogP contribution in [0.4, 0.5) is 0 Å². The number of hydrogen-bond acceptors (Lipinski definition) is 6. The molecule has 1 aromatic heterocycles. The SMILES string of the molecule is CN(C(=O)[C@@H](N)Cc1ccc(O)cc1)[C@H](C=O)CCCCNCc1cccnc1. The summed E-state index contributed by atoms with van der Waals surface area (Å²) >= 11 is 0. The van der Waals surface area contributed by atoms with Gasteiger partial charge in [-0.2, -0.15) is 0 Å². The number of rotatable bonds is 12. The van der Waals surface area contributed by atoms with Crippen molar-refractivity contribution in [1.29, 1.82) is 0 Å². The smallest absolute Gasteiger partial charge is 0.240 e. The molecule has 0 unspecified atom stereocenters. The van der Waals surface area contributed by atoms with Gasteiger partial charge in [0.15, 0.2) is 0 Å². The molecule has 0 radical (unpaired) electrons. The van der Waals surface area contributed by atoms with Crippen LogP contribution in [0, 0.1) is 0 Å². The summed E-state index contributed by atoms with van der Waals surface area (Å²) in [6.07, 6.45) is 7.09. The molecule has 2 rings (SSSR count). The van der Waals surface area contributed by atoms with E-state index in [4.69, 9.17) is 5.73 Å². The highest BCUT2D eigenvalue weighted by Gasteiger charge is 2.24. The molecule has 0 aliphatic heterocycles. The second-order valence-electron chi connectivity index (χ2n) is 7.16. The number of pyridine rings is 1. The molecule has 29 heavy (non-hydrogen) atoms. The Hall–Kier alpha value is -2.77. The molecule has 0 fully saturated rings. The average molecular weight is 399 g/mol. The Morgan fingerprint density at radius 3 is 2.66 bits per heavy atom. The first-order chi connectivity index (χ1) is 14.0. The molecule has 7 heteroatoms. The number of aromatic nitrogens is 1. The second-order valence-corrected chi connectivity index (χ2v) is 7.16. The predicted molar refractivity (Wildman–Crippen MR) is 112 cm³/mol. The molecule has 0 aliphatic rings. The number of amides is 1. The summed E-state index contributed by atoms with van der Waals surface area (Å²) in [5.41, 5.74) is 8.04. The Kier molecular flexibility index (Phi) is 9.27. The summed E-state index contributed by atoms with van der Waals surface area (Å²) in [6.45, 7) is 1.59. The summed E-state index contributed by atoms with van der Waals surface area (Å²) in [5.74, 6) is -0.0911. The van der Waals surface area contributed by atoms with Gasteiger partial charge in [-0.05, 0) is 61.6 Å². The summed E-state index contributed by atoms with van der Waals surface area (Å²) in [7, 11) is 1.62. The van der Waals surface area contributed by atoms with Crippen LogP contribution in [-0.4, -0.2) is 52.9 Å². The quantitative estimate of drug-likeness (QED) is 0.371. The number of carbonyl (C=O) groups is 2. The first-order valence-electron chi connectivity index (χ1n) is 9.86. The minimum absolute atomic E-state index is 0.168. The normalized spacial score (nSPS) is 12.9. The van der Waals surface area contributed by atoms with Crippen LogP contribution in [0.25, 0.3) is 0 Å². The molecule has 0 spiro atoms. The van der Waals surface area contributed by atoms with Gasteiger partial charge in [-0.3, -0.25) is 9.78 Å². The van der Waals surface area contributed by atoms with E-state index in [1.165, 1.54) is 4.90 Å². The highest BCUT2D eigenvalue weighted by Crippen LogP contribution is 2.13. The molecule has 1 amide bonds. The lowest BCUT2D eigenvalue weighted by Gasteiger charge is -2.26. The Morgan fingerprint density at radius 1 is 1.24 bits per heavy atom. The van der Waals surface area contributed by atoms with Crippen molar-refractivity contribution in [3.05, 3.63) is 59.9 Å². The van der Waals surface area contributed by atoms with Gasteiger partial charge in [0.25, 0.3) is 0 Å². The number of benzene rings is 1. The molecule has 2 atom stereocenters. The number of nitrogens with one attached hydrogen (secondary N) is 1. The number of aldehydes is 1. The Morgan fingerprint density at radius 2 is 2.00 bits per heavy atom. The van der Waals surface area contributed by atoms with E-state index in [1.807, 2.05) is 18.3 Å². The van der Waals surface area contributed by atoms with Gasteiger partial charge in [-0.25, -0.2) is 0 Å². The fourth-order valence-corrected chi connectivity index (χ4v) is 3.09. The Balaban J connectivity index is 1.70. The zero-order chi connectivity index (χ0) is 21.1. The van der Waals surface area contributed by atoms with Gasteiger partial charge in [0.2, 0.25) is 5.91 Å². The topological polar surface area (TPSA) is 109 Å². The van der Waals surface area contributed by atoms with Crippen LogP contribution in [0.1, 0.15) is 30.4 Å². The Labute approximate surface area is 171 Å². The van der Waals surface area contributed by atoms with E-state index in [2.05, 4.69) is 10.3 Å². The van der Waals surface area contributed by atoms with Crippen LogP contribution >= 0.6 is 0 Å². The van der Waals surface area contributed by atoms with Crippen molar-refractivity contribution in [2.45, 2.75) is 44.3 Å². The van der Waals surface area contributed by atoms with Gasteiger partial charge in [-0.1, -0.05) is 18.2 Å². The fourth-order valence-electron chi connectivity index (χ4n) is 3.09. The molecule has 1 aromatic carbocycles. The molecule has 156 valence electrons. The van der Waals surface area contributed by atoms with Gasteiger partial charge >= 0.3 is 0 Å². The number of phenolic OH excluding ortho intramolecular Hbond substituents is 1. The number of phenols is 1. The molecule has 0 saturated carbocycles. The first-order valence-corrected chi connectivity index (χ1v) is 9.86. The molecule has 0 aliphatic carbocycles. The maximum absolute atomic E-state index is 12.6. The summed E-state index contributed by atoms with van der Waals surface area (Å²) in [4.78, 5) is 29.6. The van der Waals surface area contributed by atoms with Gasteiger partial charge in [-0.15, -0.1) is 0 Å². The third-order valence-electron chi connectivity index (χ3n) is 4.87. The minimum Gasteiger partial charge on any atom is -0.508 e. The van der Waals surface area contributed by atoms with E-state index in [-0.39, 0.29) is 11.7 Å². The van der Waals surface area contributed by atoms with Crippen LogP contribution in [0.5, 0.6) is 5.75 Å². The number of unbranched alkanes of at least 4 members (excludes halogenated alkanes) is 1. The maximum atomic E-state index is 12.6. The largest absolute Gasteiger partial charge is 0.508 e. The molecule has 4 N–H and O–H groups in total. The minimum atomic E-state index is -0.729. The molecule has 7 nitrogen and oxygen atoms in total. The van der Waals surface area contributed by atoms with Crippen molar-refractivity contribution in [2.24, 2.45) is 5.73 Å². The van der Waals surface area contributed by atoms with E-state index in [1.54, 1.807) is 37.5 Å². The van der Waals surface area contributed by atoms with Crippen molar-refractivity contribution in [3.8, 4) is 5.75 Å². The van der Waals surface area contributed by atoms with Crippen LogP contribution in [0.3, 0.4) is 0 Å². The standard InChI is InChI=1S/C22H30N4O3/c1-26(22(29)21(23)13-17-7-9-20(28)10-8-17)19(16-27)6-2-3-11-24-14-18-5-4-12-25-15-18/h4-5,7-10,12,15-16,19,21,24,28H,2-3,6,11,13-14,23H2,1H3/t19-,21-/m0/s1. The van der Waals surface area contributed by atoms with Crippen LogP contribution < -0.4 is 11.1 Å². The summed E-state index contributed by atoms with van der Waals surface area (Å²) in [6, 6.07) is 9.31. The number of aromatic hydroxyl groups is 1. The highest BCUT2D eigenvalue weighted by atomic mass is 16.3. The van der Waals surface area contributed by atoms with E-state index in [9.17, 15) is 14.7 Å². The van der Waals surface area contributed by atoms with Gasteiger partial charge in [0, 0.05) is 26.0 Å². The van der Waals surface area contributed by atoms with Gasteiger partial charge in [0.1, 0.15) is 12.0 Å². The van der Waals surface area contributed by atoms with Crippen LogP contribution in [0.15, 0.2) is 48.8 Å². The molecule has 0 saturated heterocycles. The maximum Gasteiger partial charge on any atom is 0.240 e. The highest BCUT2D eigenvalue weighted by molar-refractivity contribution is 5.84. The molecule has 0 bridgehead atoms. The van der Waals surface area contributed by atoms with E-state index in [0.29, 0.717) is 12.8 Å². The number of likely N-dealkylation sites (N-methyl/N-ethyl adjacent to an activating group) is 1. The van der Waals surface area contributed by atoms with Gasteiger partial charge in [0.05, 0.1) is 12.1 Å². The van der Waals surface area contributed by atoms with Gasteiger partial charge < -0.3 is 25.9 Å². The average Bonchev–Trinajstić information content (AvgIpc) is 2.74. The predicted octanol–water partition coefficient (Wildman–Crippen LogP) is 1.64. The number of carbonyl (C=O) groups excluding carboxylic acids is 2. The molecular formula is C22H30N4O3. The first kappa shape index (κ1) is 22.5. The third kappa shape index (κ3) is 7.63. The van der Waals surface area contributed by atoms with E-state index >= 15 is 0 Å². The lowest BCUT2D eigenvalue weighted by Crippen LogP contribution is -2.48. The van der Waals surface area contributed by atoms with Crippen molar-refractivity contribution in [1.82, 2.24) is 15.2 Å². The van der Waals surface area contributed by atoms with E-state index < -0.39 is 12.1 Å². The summed E-state index contributed by atoms with van der Waals surface area (Å²) in [5, 5.41) is 12.7. The Bertz CT molecular complexity index is 752. The molecule has 1 heterocycles. The monoisotopic (exact) mass is 398 g/mol. The van der Waals surface area contributed by atoms with Crippen molar-refractivity contribution in [2.75, 3.05) is 13.6 Å². The summed E-state index contributed by atoms with van der Waals surface area (Å²) < 4.78 is 0. The zero-order valence-electron chi connectivity index (χ0n) is 16.8. The number of nitrogens with two attached hydrogens (primary N) is 1. The molecule has 2 aromatic rings. The molecular weight excluding hydrogens is 368 g/mol. The number of hydrogen-bond donors (Lipinski definition) is 3. The van der Waals surface area contributed by atoms with Crippen LogP contribution in [-0.2, 0) is 22.6 Å². The second kappa shape index (κ2) is 11.9. The van der Waals surface area contributed by atoms with Crippen molar-refractivity contribution < 1.29 is 14.7 Å². The van der Waals surface area contributed by atoms with Crippen molar-refractivity contribution in [3.63, 3.8) is 0 Å². The van der Waals surface area contributed by atoms with E-state index in [0.717, 1.165) is 43.3 Å². The van der Waals surface area contributed by atoms with Crippen LogP contribution in [0.2, 0.25) is 0 Å². The fraction of sp³-hybridized carbons (Fsp3) is 0.409. The number of nitrogens with zero attached hydrogens (tertiary/aromatic N) is 2. The van der Waals surface area contributed by atoms with Crippen molar-refractivity contribution >= 4 is 12.2 Å². The lowest BCUT2D eigenvalue weighted by molar-refractivity contribution is -0.136. The zero-order valence-corrected chi connectivity index (χ0v) is 16.8. The third-order valence-corrected chi connectivity index (χ3v) is 4.87.